The van der Waals surface area contributed by atoms with E-state index in [4.69, 9.17) is 23.2 Å². The van der Waals surface area contributed by atoms with Crippen LogP contribution in [0, 0.1) is 0 Å². The minimum Gasteiger partial charge on any atom is -0.109 e. The number of benzene rings is 2. The minimum absolute atomic E-state index is 0.301. The fourth-order valence-electron chi connectivity index (χ4n) is 1.80. The summed E-state index contributed by atoms with van der Waals surface area (Å²) in [5.74, 6) is 0. The van der Waals surface area contributed by atoms with Gasteiger partial charge < -0.3 is 0 Å². The molecule has 2 aromatic rings. The first-order valence-electron chi connectivity index (χ1n) is 5.17. The largest absolute Gasteiger partial charge is 0.139 e. The Morgan fingerprint density at radius 1 is 0.688 bits per heavy atom. The van der Waals surface area contributed by atoms with Crippen LogP contribution in [0.15, 0.2) is 60.7 Å². The first-order valence-corrected chi connectivity index (χ1v) is 7.86. The van der Waals surface area contributed by atoms with Crippen molar-refractivity contribution in [2.75, 3.05) is 0 Å². The number of halogens is 2. The van der Waals surface area contributed by atoms with Crippen molar-refractivity contribution in [2.24, 2.45) is 0 Å². The molecule has 0 atom stereocenters. The summed E-state index contributed by atoms with van der Waals surface area (Å²) in [6, 6.07) is 20.6. The van der Waals surface area contributed by atoms with Crippen LogP contribution in [0.5, 0.6) is 0 Å². The Kier molecular flexibility index (Phi) is 4.05. The van der Waals surface area contributed by atoms with Crippen LogP contribution in [-0.4, -0.2) is 13.3 Å². The predicted molar refractivity (Wildman–Crippen MR) is 74.8 cm³/mol. The summed E-state index contributed by atoms with van der Waals surface area (Å²) in [5, 5.41) is 2.56. The lowest BCUT2D eigenvalue weighted by Crippen LogP contribution is -2.47. The fraction of sp³-hybridized carbons (Fsp3) is 0.0769. The Morgan fingerprint density at radius 3 is 1.38 bits per heavy atom. The van der Waals surface area contributed by atoms with Crippen molar-refractivity contribution < 1.29 is 0 Å². The van der Waals surface area contributed by atoms with E-state index in [2.05, 4.69) is 24.3 Å². The lowest BCUT2D eigenvalue weighted by atomic mass is 10.4. The van der Waals surface area contributed by atoms with Crippen molar-refractivity contribution in [1.82, 2.24) is 0 Å². The molecule has 0 amide bonds. The molecule has 0 aliphatic rings. The topological polar surface area (TPSA) is 0 Å². The van der Waals surface area contributed by atoms with Crippen LogP contribution in [0.2, 0.25) is 0 Å². The molecule has 0 spiro atoms. The van der Waals surface area contributed by atoms with Crippen LogP contribution in [0.4, 0.5) is 0 Å². The molecule has 0 unspecified atom stereocenters. The van der Waals surface area contributed by atoms with E-state index in [0.29, 0.717) is 0 Å². The van der Waals surface area contributed by atoms with E-state index in [9.17, 15) is 0 Å². The zero-order valence-corrected chi connectivity index (χ0v) is 11.4. The molecule has 0 saturated carbocycles. The van der Waals surface area contributed by atoms with Gasteiger partial charge in [0, 0.05) is 0 Å². The maximum absolute atomic E-state index is 6.14. The Bertz CT molecular complexity index is 389. The van der Waals surface area contributed by atoms with Crippen molar-refractivity contribution in [2.45, 2.75) is 4.46 Å². The monoisotopic (exact) mass is 266 g/mol. The summed E-state index contributed by atoms with van der Waals surface area (Å²) in [6.07, 6.45) is 0. The summed E-state index contributed by atoms with van der Waals surface area (Å²) in [7, 11) is -1.49. The zero-order valence-electron chi connectivity index (χ0n) is 8.68. The number of alkyl halides is 2. The van der Waals surface area contributed by atoms with Crippen LogP contribution < -0.4 is 10.4 Å². The standard InChI is InChI=1S/C13H12Cl2Si/c14-13(15)16(11-7-3-1-4-8-11)12-9-5-2-6-10-12/h1-10,13,16H. The highest BCUT2D eigenvalue weighted by Crippen LogP contribution is 2.08. The van der Waals surface area contributed by atoms with Gasteiger partial charge in [0.15, 0.2) is 0 Å². The molecule has 0 aromatic heterocycles. The van der Waals surface area contributed by atoms with Crippen LogP contribution in [0.3, 0.4) is 0 Å². The molecular weight excluding hydrogens is 255 g/mol. The van der Waals surface area contributed by atoms with Crippen LogP contribution >= 0.6 is 23.2 Å². The number of hydrogen-bond acceptors (Lipinski definition) is 0. The number of hydrogen-bond donors (Lipinski definition) is 0. The molecule has 0 saturated heterocycles. The molecule has 16 heavy (non-hydrogen) atoms. The molecule has 0 aliphatic carbocycles. The van der Waals surface area contributed by atoms with E-state index in [1.807, 2.05) is 36.4 Å². The van der Waals surface area contributed by atoms with Gasteiger partial charge in [0.2, 0.25) is 0 Å². The molecule has 0 fully saturated rings. The molecule has 3 heteroatoms. The van der Waals surface area contributed by atoms with Crippen molar-refractivity contribution in [1.29, 1.82) is 0 Å². The van der Waals surface area contributed by atoms with Crippen LogP contribution in [-0.2, 0) is 0 Å². The first-order chi connectivity index (χ1) is 7.79. The first kappa shape index (κ1) is 11.7. The summed E-state index contributed by atoms with van der Waals surface area (Å²) >= 11 is 12.3. The molecule has 2 rings (SSSR count). The van der Waals surface area contributed by atoms with Crippen molar-refractivity contribution in [3.8, 4) is 0 Å². The van der Waals surface area contributed by atoms with Gasteiger partial charge in [-0.05, 0) is 0 Å². The van der Waals surface area contributed by atoms with E-state index >= 15 is 0 Å². The van der Waals surface area contributed by atoms with Gasteiger partial charge in [0.1, 0.15) is 13.3 Å². The SMILES string of the molecule is ClC(Cl)[SiH](c1ccccc1)c1ccccc1. The van der Waals surface area contributed by atoms with Crippen molar-refractivity contribution in [3.63, 3.8) is 0 Å². The van der Waals surface area contributed by atoms with Gasteiger partial charge in [-0.3, -0.25) is 0 Å². The highest BCUT2D eigenvalue weighted by molar-refractivity contribution is 6.96. The van der Waals surface area contributed by atoms with E-state index in [1.54, 1.807) is 0 Å². The maximum Gasteiger partial charge on any atom is 0.139 e. The van der Waals surface area contributed by atoms with Gasteiger partial charge in [-0.2, -0.15) is 0 Å². The normalized spacial score (nSPS) is 11.0. The lowest BCUT2D eigenvalue weighted by Gasteiger charge is -2.16. The van der Waals surface area contributed by atoms with Crippen LogP contribution in [0.1, 0.15) is 0 Å². The quantitative estimate of drug-likeness (QED) is 0.591. The second kappa shape index (κ2) is 5.53. The Balaban J connectivity index is 2.40. The lowest BCUT2D eigenvalue weighted by molar-refractivity contribution is 1.69. The van der Waals surface area contributed by atoms with Gasteiger partial charge >= 0.3 is 0 Å². The molecule has 0 aliphatic heterocycles. The van der Waals surface area contributed by atoms with Gasteiger partial charge in [0.05, 0.1) is 0 Å². The Morgan fingerprint density at radius 2 is 1.06 bits per heavy atom. The fourth-order valence-corrected chi connectivity index (χ4v) is 5.79. The number of rotatable bonds is 3. The van der Waals surface area contributed by atoms with E-state index in [-0.39, 0.29) is 4.46 Å². The second-order valence-electron chi connectivity index (χ2n) is 3.63. The average Bonchev–Trinajstić information content (AvgIpc) is 2.31. The molecule has 0 nitrogen and oxygen atoms in total. The minimum atomic E-state index is -1.49. The zero-order chi connectivity index (χ0) is 11.4. The highest BCUT2D eigenvalue weighted by atomic mass is 35.5. The maximum atomic E-state index is 6.14. The second-order valence-corrected chi connectivity index (χ2v) is 8.60. The van der Waals surface area contributed by atoms with E-state index in [0.717, 1.165) is 0 Å². The predicted octanol–water partition coefficient (Wildman–Crippen LogP) is 2.37. The van der Waals surface area contributed by atoms with Crippen LogP contribution in [0.25, 0.3) is 0 Å². The highest BCUT2D eigenvalue weighted by Gasteiger charge is 2.22. The Hall–Kier alpha value is -0.763. The summed E-state index contributed by atoms with van der Waals surface area (Å²) < 4.78 is -0.301. The molecule has 0 heterocycles. The summed E-state index contributed by atoms with van der Waals surface area (Å²) in [5.41, 5.74) is 0. The van der Waals surface area contributed by atoms with E-state index < -0.39 is 8.80 Å². The average molecular weight is 267 g/mol. The van der Waals surface area contributed by atoms with Gasteiger partial charge in [-0.15, -0.1) is 23.2 Å². The molecule has 82 valence electrons. The van der Waals surface area contributed by atoms with Gasteiger partial charge in [-0.25, -0.2) is 0 Å². The smallest absolute Gasteiger partial charge is 0.109 e. The molecule has 0 radical (unpaired) electrons. The van der Waals surface area contributed by atoms with Crippen molar-refractivity contribution in [3.05, 3.63) is 60.7 Å². The molecule has 0 bridgehead atoms. The molecule has 0 N–H and O–H groups in total. The van der Waals surface area contributed by atoms with Gasteiger partial charge in [0.25, 0.3) is 0 Å². The molecular formula is C13H12Cl2Si. The summed E-state index contributed by atoms with van der Waals surface area (Å²) in [4.78, 5) is 0. The third-order valence-corrected chi connectivity index (χ3v) is 6.79. The Labute approximate surface area is 107 Å². The van der Waals surface area contributed by atoms with Crippen molar-refractivity contribution >= 4 is 42.4 Å². The van der Waals surface area contributed by atoms with E-state index in [1.165, 1.54) is 10.4 Å². The third kappa shape index (κ3) is 2.67. The summed E-state index contributed by atoms with van der Waals surface area (Å²) in [6.45, 7) is 0. The molecule has 2 aromatic carbocycles. The van der Waals surface area contributed by atoms with Gasteiger partial charge in [-0.1, -0.05) is 71.0 Å². The third-order valence-electron chi connectivity index (χ3n) is 2.57.